The van der Waals surface area contributed by atoms with Crippen LogP contribution in [0.3, 0.4) is 0 Å². The number of hydrogen-bond donors (Lipinski definition) is 1. The van der Waals surface area contributed by atoms with Crippen LogP contribution >= 0.6 is 0 Å². The van der Waals surface area contributed by atoms with Gasteiger partial charge in [0.2, 0.25) is 11.7 Å². The first-order valence-electron chi connectivity index (χ1n) is 9.50. The molecule has 6 nitrogen and oxygen atoms in total. The van der Waals surface area contributed by atoms with E-state index in [0.29, 0.717) is 29.9 Å². The van der Waals surface area contributed by atoms with Gasteiger partial charge in [0, 0.05) is 12.6 Å². The molecule has 6 heteroatoms. The van der Waals surface area contributed by atoms with Crippen LogP contribution in [-0.2, 0) is 6.42 Å². The second-order valence-corrected chi connectivity index (χ2v) is 6.81. The summed E-state index contributed by atoms with van der Waals surface area (Å²) in [5, 5.41) is 0. The van der Waals surface area contributed by atoms with Gasteiger partial charge < -0.3 is 10.2 Å². The molecule has 4 aromatic rings. The summed E-state index contributed by atoms with van der Waals surface area (Å²) < 4.78 is 5.56. The van der Waals surface area contributed by atoms with E-state index in [-0.39, 0.29) is 11.7 Å². The highest BCUT2D eigenvalue weighted by Gasteiger charge is 2.15. The summed E-state index contributed by atoms with van der Waals surface area (Å²) in [5.74, 6) is -0.324. The van der Waals surface area contributed by atoms with Crippen molar-refractivity contribution in [3.8, 4) is 22.6 Å². The number of benzene rings is 2. The maximum atomic E-state index is 12.5. The lowest BCUT2D eigenvalue weighted by atomic mass is 10.0. The van der Waals surface area contributed by atoms with Crippen LogP contribution in [0.4, 0.5) is 0 Å². The fourth-order valence-corrected chi connectivity index (χ4v) is 3.07. The van der Waals surface area contributed by atoms with E-state index < -0.39 is 5.91 Å². The fraction of sp³-hybridized carbons (Fsp3) is 0.0833. The van der Waals surface area contributed by atoms with E-state index in [1.165, 1.54) is 12.4 Å². The molecule has 0 bridgehead atoms. The lowest BCUT2D eigenvalue weighted by molar-refractivity contribution is 0.0949. The highest BCUT2D eigenvalue weighted by atomic mass is 16.4. The molecule has 148 valence electrons. The number of aryl methyl sites for hydroxylation is 1. The van der Waals surface area contributed by atoms with Crippen molar-refractivity contribution in [2.24, 2.45) is 5.73 Å². The Bertz CT molecular complexity index is 1160. The summed E-state index contributed by atoms with van der Waals surface area (Å²) in [6.07, 6.45) is 3.70. The SMILES string of the molecule is NC(=O)c1ccc(-c2cnc(C(=O)CCc3ccc(-c4ccccc4)cc3)o2)nc1. The van der Waals surface area contributed by atoms with E-state index in [0.717, 1.165) is 16.7 Å². The van der Waals surface area contributed by atoms with Crippen molar-refractivity contribution in [3.05, 3.63) is 96.1 Å². The first-order chi connectivity index (χ1) is 14.6. The molecular weight excluding hydrogens is 378 g/mol. The van der Waals surface area contributed by atoms with Crippen LogP contribution < -0.4 is 5.73 Å². The molecule has 4 rings (SSSR count). The normalized spacial score (nSPS) is 10.7. The van der Waals surface area contributed by atoms with Gasteiger partial charge in [0.05, 0.1) is 11.8 Å². The molecule has 0 saturated carbocycles. The van der Waals surface area contributed by atoms with Crippen LogP contribution in [-0.4, -0.2) is 21.7 Å². The van der Waals surface area contributed by atoms with E-state index >= 15 is 0 Å². The second-order valence-electron chi connectivity index (χ2n) is 6.81. The third kappa shape index (κ3) is 4.33. The van der Waals surface area contributed by atoms with Crippen LogP contribution in [0, 0.1) is 0 Å². The zero-order valence-corrected chi connectivity index (χ0v) is 16.1. The van der Waals surface area contributed by atoms with Crippen molar-refractivity contribution in [1.29, 1.82) is 0 Å². The summed E-state index contributed by atoms with van der Waals surface area (Å²) in [6.45, 7) is 0. The largest absolute Gasteiger partial charge is 0.432 e. The van der Waals surface area contributed by atoms with Gasteiger partial charge in [0.25, 0.3) is 5.89 Å². The number of hydrogen-bond acceptors (Lipinski definition) is 5. The Morgan fingerprint density at radius 3 is 2.23 bits per heavy atom. The Morgan fingerprint density at radius 2 is 1.57 bits per heavy atom. The predicted octanol–water partition coefficient (Wildman–Crippen LogP) is 4.32. The van der Waals surface area contributed by atoms with E-state index in [1.807, 2.05) is 30.3 Å². The average Bonchev–Trinajstić information content (AvgIpc) is 3.29. The Kier molecular flexibility index (Phi) is 5.48. The van der Waals surface area contributed by atoms with Crippen LogP contribution in [0.25, 0.3) is 22.6 Å². The lowest BCUT2D eigenvalue weighted by Gasteiger charge is -2.04. The molecule has 2 N–H and O–H groups in total. The molecule has 2 aromatic heterocycles. The lowest BCUT2D eigenvalue weighted by Crippen LogP contribution is -2.10. The van der Waals surface area contributed by atoms with E-state index in [4.69, 9.17) is 10.2 Å². The first-order valence-corrected chi connectivity index (χ1v) is 9.50. The Balaban J connectivity index is 1.38. The minimum Gasteiger partial charge on any atom is -0.432 e. The molecule has 0 atom stereocenters. The molecule has 0 aliphatic rings. The molecule has 0 radical (unpaired) electrons. The number of Topliss-reactive ketones (excluding diaryl/α,β-unsaturated/α-hetero) is 1. The zero-order valence-electron chi connectivity index (χ0n) is 16.1. The number of rotatable bonds is 7. The van der Waals surface area contributed by atoms with Crippen molar-refractivity contribution in [1.82, 2.24) is 9.97 Å². The highest BCUT2D eigenvalue weighted by molar-refractivity contribution is 5.93. The first kappa shape index (κ1) is 19.3. The molecule has 1 amide bonds. The maximum Gasteiger partial charge on any atom is 0.263 e. The van der Waals surface area contributed by atoms with Gasteiger partial charge in [-0.25, -0.2) is 4.98 Å². The van der Waals surface area contributed by atoms with Crippen LogP contribution in [0.1, 0.15) is 33.0 Å². The standard InChI is InChI=1S/C24H19N3O3/c25-23(29)19-11-12-20(26-14-19)22-15-27-24(30-22)21(28)13-8-16-6-9-18(10-7-16)17-4-2-1-3-5-17/h1-7,9-12,14-15H,8,13H2,(H2,25,29). The van der Waals surface area contributed by atoms with Gasteiger partial charge >= 0.3 is 0 Å². The molecule has 0 unspecified atom stereocenters. The van der Waals surface area contributed by atoms with Gasteiger partial charge in [0.15, 0.2) is 5.76 Å². The average molecular weight is 397 g/mol. The fourth-order valence-electron chi connectivity index (χ4n) is 3.07. The number of oxazole rings is 1. The summed E-state index contributed by atoms with van der Waals surface area (Å²) >= 11 is 0. The van der Waals surface area contributed by atoms with Gasteiger partial charge in [-0.1, -0.05) is 54.6 Å². The molecule has 0 saturated heterocycles. The number of nitrogens with zero attached hydrogens (tertiary/aromatic N) is 2. The number of carbonyl (C=O) groups excluding carboxylic acids is 2. The minimum atomic E-state index is -0.556. The Morgan fingerprint density at radius 1 is 0.833 bits per heavy atom. The van der Waals surface area contributed by atoms with Crippen molar-refractivity contribution in [3.63, 3.8) is 0 Å². The van der Waals surface area contributed by atoms with Gasteiger partial charge in [-0.2, -0.15) is 0 Å². The van der Waals surface area contributed by atoms with Crippen molar-refractivity contribution in [2.75, 3.05) is 0 Å². The van der Waals surface area contributed by atoms with Gasteiger partial charge in [0.1, 0.15) is 5.69 Å². The molecule has 0 fully saturated rings. The highest BCUT2D eigenvalue weighted by Crippen LogP contribution is 2.21. The minimum absolute atomic E-state index is 0.0479. The predicted molar refractivity (Wildman–Crippen MR) is 113 cm³/mol. The van der Waals surface area contributed by atoms with Crippen molar-refractivity contribution >= 4 is 11.7 Å². The maximum absolute atomic E-state index is 12.5. The Hall–Kier alpha value is -4.06. The summed E-state index contributed by atoms with van der Waals surface area (Å²) in [4.78, 5) is 31.8. The topological polar surface area (TPSA) is 99.1 Å². The second kappa shape index (κ2) is 8.53. The van der Waals surface area contributed by atoms with Crippen molar-refractivity contribution < 1.29 is 14.0 Å². The number of carbonyl (C=O) groups is 2. The third-order valence-electron chi connectivity index (χ3n) is 4.75. The van der Waals surface area contributed by atoms with Crippen LogP contribution in [0.5, 0.6) is 0 Å². The van der Waals surface area contributed by atoms with Crippen molar-refractivity contribution in [2.45, 2.75) is 12.8 Å². The molecule has 2 heterocycles. The van der Waals surface area contributed by atoms with Gasteiger partial charge in [-0.3, -0.25) is 14.6 Å². The van der Waals surface area contributed by atoms with E-state index in [9.17, 15) is 9.59 Å². The van der Waals surface area contributed by atoms with Crippen LogP contribution in [0.15, 0.2) is 83.5 Å². The number of amides is 1. The number of pyridine rings is 1. The third-order valence-corrected chi connectivity index (χ3v) is 4.75. The van der Waals surface area contributed by atoms with Crippen LogP contribution in [0.2, 0.25) is 0 Å². The number of primary amides is 1. The molecule has 2 aromatic carbocycles. The van der Waals surface area contributed by atoms with E-state index in [2.05, 4.69) is 34.2 Å². The summed E-state index contributed by atoms with van der Waals surface area (Å²) in [5.41, 5.74) is 9.34. The molecule has 0 spiro atoms. The van der Waals surface area contributed by atoms with Gasteiger partial charge in [-0.05, 0) is 35.2 Å². The molecule has 30 heavy (non-hydrogen) atoms. The Labute approximate surface area is 173 Å². The molecule has 0 aliphatic heterocycles. The quantitative estimate of drug-likeness (QED) is 0.468. The molecular formula is C24H19N3O3. The zero-order chi connectivity index (χ0) is 20.9. The smallest absolute Gasteiger partial charge is 0.263 e. The summed E-state index contributed by atoms with van der Waals surface area (Å²) in [7, 11) is 0. The number of ketones is 1. The molecule has 0 aliphatic carbocycles. The van der Waals surface area contributed by atoms with E-state index in [1.54, 1.807) is 12.1 Å². The monoisotopic (exact) mass is 397 g/mol. The van der Waals surface area contributed by atoms with Gasteiger partial charge in [-0.15, -0.1) is 0 Å². The summed E-state index contributed by atoms with van der Waals surface area (Å²) in [6, 6.07) is 21.5. The number of aromatic nitrogens is 2. The number of nitrogens with two attached hydrogens (primary N) is 1.